The standard InChI is InChI=1S/2C11H11.C2H6Si.2ClH.Zr/c2*1-9-5-2-3-6-10-7-4-8-11(9)10;1-3-2;;;/h2*2-9H,1H3;1-2H3;2*1H;/q;;;;;+2/p-2. The molecule has 0 radical (unpaired) electrons. The molecule has 4 heteroatoms. The summed E-state index contributed by atoms with van der Waals surface area (Å²) in [6.45, 7) is 9.86. The molecule has 4 aliphatic rings. The Hall–Kier alpha value is -0.400. The zero-order chi connectivity index (χ0) is 18.3. The van der Waals surface area contributed by atoms with Crippen molar-refractivity contribution in [3.05, 3.63) is 95.2 Å². The van der Waals surface area contributed by atoms with Crippen molar-refractivity contribution in [2.75, 3.05) is 0 Å². The van der Waals surface area contributed by atoms with Crippen LogP contribution in [0.2, 0.25) is 20.3 Å². The van der Waals surface area contributed by atoms with Crippen LogP contribution in [0.15, 0.2) is 95.2 Å². The van der Waals surface area contributed by atoms with Gasteiger partial charge in [-0.3, -0.25) is 0 Å². The molecular formula is C24H28Cl2SiZr. The van der Waals surface area contributed by atoms with Gasteiger partial charge in [-0.2, -0.15) is 0 Å². The average Bonchev–Trinajstić information content (AvgIpc) is 3.10. The van der Waals surface area contributed by atoms with E-state index in [0.29, 0.717) is 11.8 Å². The van der Waals surface area contributed by atoms with Gasteiger partial charge in [0.15, 0.2) is 0 Å². The van der Waals surface area contributed by atoms with E-state index in [9.17, 15) is 0 Å². The molecule has 4 aliphatic carbocycles. The minimum atomic E-state index is -1.76. The van der Waals surface area contributed by atoms with E-state index in [1.165, 1.54) is 0 Å². The van der Waals surface area contributed by atoms with Gasteiger partial charge in [-0.05, 0) is 0 Å². The van der Waals surface area contributed by atoms with Crippen molar-refractivity contribution in [2.45, 2.75) is 34.2 Å². The molecule has 146 valence electrons. The van der Waals surface area contributed by atoms with Gasteiger partial charge in [0.1, 0.15) is 0 Å². The number of hydrogen-bond donors (Lipinski definition) is 0. The molecule has 4 unspecified atom stereocenters. The fourth-order valence-corrected chi connectivity index (χ4v) is 23.5. The topological polar surface area (TPSA) is 0 Å². The number of halogens is 2. The van der Waals surface area contributed by atoms with E-state index in [0.717, 1.165) is 7.25 Å². The Morgan fingerprint density at radius 2 is 1.04 bits per heavy atom. The van der Waals surface area contributed by atoms with Crippen LogP contribution in [0.25, 0.3) is 0 Å². The van der Waals surface area contributed by atoms with Gasteiger partial charge in [-0.25, -0.2) is 0 Å². The molecule has 0 N–H and O–H groups in total. The second-order valence-electron chi connectivity index (χ2n) is 8.02. The maximum atomic E-state index is 2.59. The van der Waals surface area contributed by atoms with Crippen LogP contribution in [0.3, 0.4) is 0 Å². The van der Waals surface area contributed by atoms with Crippen molar-refractivity contribution < 1.29 is 45.2 Å². The molecule has 4 atom stereocenters. The molecule has 0 aliphatic heterocycles. The third-order valence-corrected chi connectivity index (χ3v) is 25.2. The van der Waals surface area contributed by atoms with Gasteiger partial charge >= 0.3 is 167 Å². The van der Waals surface area contributed by atoms with Crippen LogP contribution in [0, 0.1) is 11.8 Å². The van der Waals surface area contributed by atoms with Crippen molar-refractivity contribution in [1.29, 1.82) is 0 Å². The molecule has 0 aromatic heterocycles. The molecule has 0 fully saturated rings. The fourth-order valence-electron chi connectivity index (χ4n) is 4.73. The summed E-state index contributed by atoms with van der Waals surface area (Å²) in [6.07, 6.45) is 28.6. The molecule has 0 heterocycles. The van der Waals surface area contributed by atoms with Crippen LogP contribution in [0.1, 0.15) is 13.8 Å². The molecule has 4 rings (SSSR count). The van der Waals surface area contributed by atoms with Crippen molar-refractivity contribution in [3.8, 4) is 0 Å². The van der Waals surface area contributed by atoms with E-state index in [4.69, 9.17) is 0 Å². The van der Waals surface area contributed by atoms with Crippen LogP contribution in [0.5, 0.6) is 0 Å². The zero-order valence-corrected chi connectivity index (χ0v) is 22.0. The van der Waals surface area contributed by atoms with Crippen LogP contribution in [-0.2, 0) is 20.4 Å². The van der Waals surface area contributed by atoms with Gasteiger partial charge in [0, 0.05) is 0 Å². The Labute approximate surface area is 190 Å². The van der Waals surface area contributed by atoms with E-state index < -0.39 is 20.4 Å². The predicted molar refractivity (Wildman–Crippen MR) is 112 cm³/mol. The summed E-state index contributed by atoms with van der Waals surface area (Å²) in [5.41, 5.74) is 6.16. The Morgan fingerprint density at radius 1 is 0.607 bits per heavy atom. The summed E-state index contributed by atoms with van der Waals surface area (Å²) in [5, 5.41) is 0. The van der Waals surface area contributed by atoms with Gasteiger partial charge in [0.05, 0.1) is 0 Å². The van der Waals surface area contributed by atoms with Crippen LogP contribution in [0.4, 0.5) is 0 Å². The third kappa shape index (κ3) is 4.36. The summed E-state index contributed by atoms with van der Waals surface area (Å²) >= 11 is -1.76. The Morgan fingerprint density at radius 3 is 1.43 bits per heavy atom. The molecule has 0 aromatic rings. The monoisotopic (exact) mass is 504 g/mol. The Bertz CT molecular complexity index is 837. The molecule has 0 saturated carbocycles. The molecule has 0 bridgehead atoms. The van der Waals surface area contributed by atoms with Crippen molar-refractivity contribution in [2.24, 2.45) is 11.8 Å². The fraction of sp³-hybridized carbons (Fsp3) is 0.333. The molecule has 0 spiro atoms. The smallest absolute Gasteiger partial charge is 1.00 e. The first kappa shape index (κ1) is 23.9. The predicted octanol–water partition coefficient (Wildman–Crippen LogP) is 0.698. The maximum Gasteiger partial charge on any atom is -1.00 e. The summed E-state index contributed by atoms with van der Waals surface area (Å²) in [5.74, 6) is 1.09. The number of hydrogen-bond acceptors (Lipinski definition) is 0. The minimum Gasteiger partial charge on any atom is -1.00 e. The number of allylic oxidation sites excluding steroid dienone is 16. The molecule has 0 aromatic carbocycles. The van der Waals surface area contributed by atoms with Crippen LogP contribution < -0.4 is 24.8 Å². The van der Waals surface area contributed by atoms with Gasteiger partial charge in [0.2, 0.25) is 0 Å². The normalized spacial score (nSPS) is 28.8. The first-order chi connectivity index (χ1) is 12.6. The third-order valence-electron chi connectivity index (χ3n) is 6.08. The SMILES string of the molecule is CC1C=CC=CC2=C1C=C[CH]2[Zr+2]([CH]1C=CC2=C1C=CC=CC2C)=[Si](C)C.[Cl-].[Cl-]. The number of rotatable bonds is 2. The average molecular weight is 507 g/mol. The summed E-state index contributed by atoms with van der Waals surface area (Å²) in [7, 11) is 0. The van der Waals surface area contributed by atoms with Crippen LogP contribution in [-0.4, -0.2) is 5.43 Å². The van der Waals surface area contributed by atoms with Gasteiger partial charge < -0.3 is 24.8 Å². The second kappa shape index (κ2) is 10.1. The van der Waals surface area contributed by atoms with Crippen molar-refractivity contribution >= 4 is 5.43 Å². The summed E-state index contributed by atoms with van der Waals surface area (Å²) in [4.78, 5) is 0. The Balaban J connectivity index is 0.00000140. The van der Waals surface area contributed by atoms with Crippen molar-refractivity contribution in [1.82, 2.24) is 0 Å². The molecule has 0 saturated heterocycles. The molecule has 28 heavy (non-hydrogen) atoms. The molecular weight excluding hydrogens is 478 g/mol. The summed E-state index contributed by atoms with van der Waals surface area (Å²) < 4.78 is 1.49. The quantitative estimate of drug-likeness (QED) is 0.484. The van der Waals surface area contributed by atoms with E-state index in [1.54, 1.807) is 22.3 Å². The van der Waals surface area contributed by atoms with Crippen LogP contribution >= 0.6 is 0 Å². The van der Waals surface area contributed by atoms with E-state index in [1.807, 2.05) is 0 Å². The minimum absolute atomic E-state index is 0. The van der Waals surface area contributed by atoms with E-state index in [2.05, 4.69) is 99.9 Å². The van der Waals surface area contributed by atoms with Gasteiger partial charge in [-0.15, -0.1) is 0 Å². The van der Waals surface area contributed by atoms with Gasteiger partial charge in [0.25, 0.3) is 0 Å². The van der Waals surface area contributed by atoms with Gasteiger partial charge in [-0.1, -0.05) is 0 Å². The zero-order valence-electron chi connectivity index (χ0n) is 17.0. The summed E-state index contributed by atoms with van der Waals surface area (Å²) in [6, 6.07) is 0. The first-order valence-electron chi connectivity index (χ1n) is 9.79. The molecule has 0 nitrogen and oxygen atoms in total. The van der Waals surface area contributed by atoms with E-state index in [-0.39, 0.29) is 30.2 Å². The Kier molecular flexibility index (Phi) is 8.59. The molecule has 0 amide bonds. The van der Waals surface area contributed by atoms with Crippen molar-refractivity contribution in [3.63, 3.8) is 0 Å². The second-order valence-corrected chi connectivity index (χ2v) is 26.1. The largest absolute Gasteiger partial charge is 1.00 e. The van der Waals surface area contributed by atoms with E-state index >= 15 is 0 Å². The maximum absolute atomic E-state index is 2.59. The first-order valence-corrected chi connectivity index (χ1v) is 18.8.